The van der Waals surface area contributed by atoms with Crippen LogP contribution in [0.4, 0.5) is 5.95 Å². The molecule has 4 nitrogen and oxygen atoms in total. The van der Waals surface area contributed by atoms with Gasteiger partial charge in [-0.05, 0) is 38.1 Å². The Kier molecular flexibility index (Phi) is 3.16. The largest absolute Gasteiger partial charge is 0.346 e. The molecule has 0 radical (unpaired) electrons. The Morgan fingerprint density at radius 2 is 2.16 bits per heavy atom. The molecule has 3 heterocycles. The van der Waals surface area contributed by atoms with Crippen LogP contribution in [-0.4, -0.2) is 14.6 Å². The molecule has 0 aliphatic carbocycles. The summed E-state index contributed by atoms with van der Waals surface area (Å²) in [7, 11) is 0. The number of hydrogen-bond acceptors (Lipinski definition) is 4. The fraction of sp³-hybridized carbons (Fsp3) is 0.231. The Morgan fingerprint density at radius 3 is 2.89 bits per heavy atom. The van der Waals surface area contributed by atoms with Gasteiger partial charge in [0.05, 0.1) is 11.1 Å². The Bertz CT molecular complexity index is 718. The van der Waals surface area contributed by atoms with Gasteiger partial charge in [-0.15, -0.1) is 16.4 Å². The van der Waals surface area contributed by atoms with Gasteiger partial charge in [0.2, 0.25) is 5.95 Å². The maximum atomic E-state index is 5.92. The second-order valence-electron chi connectivity index (χ2n) is 4.40. The minimum Gasteiger partial charge on any atom is -0.346 e. The SMILES string of the molecule is Cc1ccc(C(C)Nc2nc3ccc(Cl)cn3n2)s1. The molecular formula is C13H13ClN4S. The highest BCUT2D eigenvalue weighted by molar-refractivity contribution is 7.12. The number of nitrogens with one attached hydrogen (secondary N) is 1. The number of aryl methyl sites for hydroxylation is 1. The first kappa shape index (κ1) is 12.4. The zero-order valence-corrected chi connectivity index (χ0v) is 12.2. The summed E-state index contributed by atoms with van der Waals surface area (Å²) in [5, 5.41) is 8.31. The third-order valence-corrected chi connectivity index (χ3v) is 4.24. The molecule has 0 bridgehead atoms. The first-order chi connectivity index (χ1) is 9.11. The Morgan fingerprint density at radius 1 is 1.32 bits per heavy atom. The maximum absolute atomic E-state index is 5.92. The van der Waals surface area contributed by atoms with E-state index in [-0.39, 0.29) is 6.04 Å². The zero-order valence-electron chi connectivity index (χ0n) is 10.6. The summed E-state index contributed by atoms with van der Waals surface area (Å²) in [5.74, 6) is 0.612. The summed E-state index contributed by atoms with van der Waals surface area (Å²) in [4.78, 5) is 6.99. The number of anilines is 1. The van der Waals surface area contributed by atoms with Crippen LogP contribution in [0, 0.1) is 6.92 Å². The Labute approximate surface area is 120 Å². The van der Waals surface area contributed by atoms with E-state index >= 15 is 0 Å². The van der Waals surface area contributed by atoms with E-state index in [1.54, 1.807) is 28.1 Å². The summed E-state index contributed by atoms with van der Waals surface area (Å²) in [6.45, 7) is 4.20. The number of thiophene rings is 1. The molecular weight excluding hydrogens is 280 g/mol. The molecule has 3 aromatic heterocycles. The third-order valence-electron chi connectivity index (χ3n) is 2.83. The fourth-order valence-electron chi connectivity index (χ4n) is 1.87. The van der Waals surface area contributed by atoms with E-state index in [1.165, 1.54) is 9.75 Å². The van der Waals surface area contributed by atoms with Crippen LogP contribution in [0.1, 0.15) is 22.7 Å². The van der Waals surface area contributed by atoms with E-state index in [2.05, 4.69) is 41.4 Å². The molecule has 6 heteroatoms. The van der Waals surface area contributed by atoms with Crippen LogP contribution in [0.25, 0.3) is 5.65 Å². The summed E-state index contributed by atoms with van der Waals surface area (Å²) < 4.78 is 1.68. The van der Waals surface area contributed by atoms with Gasteiger partial charge >= 0.3 is 0 Å². The highest BCUT2D eigenvalue weighted by Crippen LogP contribution is 2.24. The molecule has 3 aromatic rings. The van der Waals surface area contributed by atoms with Crippen molar-refractivity contribution in [2.24, 2.45) is 0 Å². The van der Waals surface area contributed by atoms with E-state index in [9.17, 15) is 0 Å². The molecule has 0 saturated carbocycles. The second kappa shape index (κ2) is 4.83. The molecule has 0 spiro atoms. The van der Waals surface area contributed by atoms with Crippen LogP contribution in [0.15, 0.2) is 30.5 Å². The fourth-order valence-corrected chi connectivity index (χ4v) is 2.91. The van der Waals surface area contributed by atoms with Crippen molar-refractivity contribution in [2.75, 3.05) is 5.32 Å². The number of rotatable bonds is 3. The molecule has 0 aromatic carbocycles. The predicted octanol–water partition coefficient (Wildman–Crippen LogP) is 3.93. The van der Waals surface area contributed by atoms with Crippen LogP contribution in [0.3, 0.4) is 0 Å². The predicted molar refractivity (Wildman–Crippen MR) is 79.1 cm³/mol. The highest BCUT2D eigenvalue weighted by atomic mass is 35.5. The van der Waals surface area contributed by atoms with Gasteiger partial charge in [0.15, 0.2) is 5.65 Å². The van der Waals surface area contributed by atoms with Crippen LogP contribution in [0.5, 0.6) is 0 Å². The van der Waals surface area contributed by atoms with E-state index < -0.39 is 0 Å². The summed E-state index contributed by atoms with van der Waals surface area (Å²) >= 11 is 7.70. The Hall–Kier alpha value is -1.59. The van der Waals surface area contributed by atoms with Gasteiger partial charge in [-0.2, -0.15) is 4.98 Å². The number of aromatic nitrogens is 3. The quantitative estimate of drug-likeness (QED) is 0.795. The molecule has 0 aliphatic heterocycles. The lowest BCUT2D eigenvalue weighted by atomic mass is 10.3. The minimum absolute atomic E-state index is 0.187. The molecule has 0 saturated heterocycles. The smallest absolute Gasteiger partial charge is 0.243 e. The summed E-state index contributed by atoms with van der Waals surface area (Å²) in [6, 6.07) is 8.09. The molecule has 0 aliphatic rings. The summed E-state index contributed by atoms with van der Waals surface area (Å²) in [5.41, 5.74) is 0.779. The van der Waals surface area contributed by atoms with Crippen molar-refractivity contribution in [1.82, 2.24) is 14.6 Å². The molecule has 0 amide bonds. The first-order valence-electron chi connectivity index (χ1n) is 5.96. The highest BCUT2D eigenvalue weighted by Gasteiger charge is 2.11. The third kappa shape index (κ3) is 2.57. The van der Waals surface area contributed by atoms with E-state index in [0.29, 0.717) is 11.0 Å². The molecule has 1 N–H and O–H groups in total. The van der Waals surface area contributed by atoms with Gasteiger partial charge < -0.3 is 5.32 Å². The average Bonchev–Trinajstić information content (AvgIpc) is 2.94. The van der Waals surface area contributed by atoms with Crippen LogP contribution in [-0.2, 0) is 0 Å². The summed E-state index contributed by atoms with van der Waals surface area (Å²) in [6.07, 6.45) is 1.75. The van der Waals surface area contributed by atoms with Crippen molar-refractivity contribution in [2.45, 2.75) is 19.9 Å². The van der Waals surface area contributed by atoms with Crippen LogP contribution in [0.2, 0.25) is 5.02 Å². The minimum atomic E-state index is 0.187. The number of halogens is 1. The van der Waals surface area contributed by atoms with Crippen molar-refractivity contribution in [3.8, 4) is 0 Å². The van der Waals surface area contributed by atoms with Crippen molar-refractivity contribution in [3.05, 3.63) is 45.2 Å². The van der Waals surface area contributed by atoms with Gasteiger partial charge in [0, 0.05) is 16.0 Å². The van der Waals surface area contributed by atoms with E-state index in [1.807, 2.05) is 6.07 Å². The molecule has 19 heavy (non-hydrogen) atoms. The van der Waals surface area contributed by atoms with Gasteiger partial charge in [-0.3, -0.25) is 0 Å². The molecule has 98 valence electrons. The first-order valence-corrected chi connectivity index (χ1v) is 7.16. The zero-order chi connectivity index (χ0) is 13.4. The number of fused-ring (bicyclic) bond motifs is 1. The number of hydrogen-bond donors (Lipinski definition) is 1. The molecule has 1 atom stereocenters. The Balaban J connectivity index is 1.85. The van der Waals surface area contributed by atoms with E-state index in [4.69, 9.17) is 11.6 Å². The molecule has 3 rings (SSSR count). The lowest BCUT2D eigenvalue weighted by molar-refractivity contribution is 0.869. The van der Waals surface area contributed by atoms with Crippen molar-refractivity contribution in [3.63, 3.8) is 0 Å². The van der Waals surface area contributed by atoms with Crippen LogP contribution < -0.4 is 5.32 Å². The van der Waals surface area contributed by atoms with Crippen molar-refractivity contribution < 1.29 is 0 Å². The van der Waals surface area contributed by atoms with Crippen molar-refractivity contribution >= 4 is 34.5 Å². The van der Waals surface area contributed by atoms with Gasteiger partial charge in [0.25, 0.3) is 0 Å². The molecule has 0 fully saturated rings. The standard InChI is InChI=1S/C13H13ClN4S/c1-8-3-5-11(19-8)9(2)15-13-16-12-6-4-10(14)7-18(12)17-13/h3-7,9H,1-2H3,(H,15,17). The van der Waals surface area contributed by atoms with Gasteiger partial charge in [-0.1, -0.05) is 11.6 Å². The lowest BCUT2D eigenvalue weighted by Gasteiger charge is -2.09. The lowest BCUT2D eigenvalue weighted by Crippen LogP contribution is -2.06. The van der Waals surface area contributed by atoms with Crippen molar-refractivity contribution in [1.29, 1.82) is 0 Å². The average molecular weight is 293 g/mol. The monoisotopic (exact) mass is 292 g/mol. The maximum Gasteiger partial charge on any atom is 0.243 e. The topological polar surface area (TPSA) is 42.2 Å². The number of nitrogens with zero attached hydrogens (tertiary/aromatic N) is 3. The molecule has 1 unspecified atom stereocenters. The second-order valence-corrected chi connectivity index (χ2v) is 6.16. The van der Waals surface area contributed by atoms with Gasteiger partial charge in [0.1, 0.15) is 0 Å². The number of pyridine rings is 1. The normalized spacial score (nSPS) is 12.8. The van der Waals surface area contributed by atoms with Crippen LogP contribution >= 0.6 is 22.9 Å². The van der Waals surface area contributed by atoms with Gasteiger partial charge in [-0.25, -0.2) is 4.52 Å². The van der Waals surface area contributed by atoms with E-state index in [0.717, 1.165) is 5.65 Å².